The Hall–Kier alpha value is -3.72. The Kier molecular flexibility index (Phi) is 6.46. The fourth-order valence-electron chi connectivity index (χ4n) is 3.06. The third kappa shape index (κ3) is 4.94. The first kappa shape index (κ1) is 21.5. The maximum absolute atomic E-state index is 13.1. The molecule has 0 aliphatic carbocycles. The largest absolute Gasteiger partial charge is 0.497 e. The minimum atomic E-state index is -0.290. The topological polar surface area (TPSA) is 99.0 Å². The van der Waals surface area contributed by atoms with Crippen molar-refractivity contribution in [3.05, 3.63) is 82.4 Å². The molecule has 0 aliphatic heterocycles. The van der Waals surface area contributed by atoms with Crippen LogP contribution >= 0.6 is 11.8 Å². The van der Waals surface area contributed by atoms with Crippen LogP contribution in [-0.2, 0) is 11.3 Å². The van der Waals surface area contributed by atoms with Crippen molar-refractivity contribution in [3.63, 3.8) is 0 Å². The molecule has 0 aliphatic rings. The predicted molar refractivity (Wildman–Crippen MR) is 124 cm³/mol. The molecule has 0 spiro atoms. The number of aryl methyl sites for hydroxylation is 1. The second-order valence-corrected chi connectivity index (χ2v) is 8.01. The van der Waals surface area contributed by atoms with Gasteiger partial charge < -0.3 is 10.1 Å². The highest BCUT2D eigenvalue weighted by Crippen LogP contribution is 2.19. The molecule has 8 nitrogen and oxygen atoms in total. The number of fused-ring (bicyclic) bond motifs is 1. The zero-order valence-electron chi connectivity index (χ0n) is 17.6. The average Bonchev–Trinajstić information content (AvgIpc) is 2.81. The van der Waals surface area contributed by atoms with Crippen molar-refractivity contribution in [2.24, 2.45) is 0 Å². The molecule has 0 atom stereocenters. The van der Waals surface area contributed by atoms with Gasteiger partial charge in [-0.15, -0.1) is 0 Å². The number of hydrogen-bond donors (Lipinski definition) is 1. The van der Waals surface area contributed by atoms with Crippen molar-refractivity contribution in [2.75, 3.05) is 18.2 Å². The monoisotopic (exact) mass is 447 g/mol. The van der Waals surface area contributed by atoms with Gasteiger partial charge in [0.15, 0.2) is 16.3 Å². The highest BCUT2D eigenvalue weighted by Gasteiger charge is 2.15. The highest BCUT2D eigenvalue weighted by atomic mass is 32.2. The number of aromatic nitrogens is 4. The van der Waals surface area contributed by atoms with E-state index in [1.54, 1.807) is 31.4 Å². The van der Waals surface area contributed by atoms with Gasteiger partial charge >= 0.3 is 0 Å². The number of anilines is 1. The quantitative estimate of drug-likeness (QED) is 0.343. The van der Waals surface area contributed by atoms with Gasteiger partial charge in [-0.1, -0.05) is 41.6 Å². The summed E-state index contributed by atoms with van der Waals surface area (Å²) in [6.07, 6.45) is 2.96. The summed E-state index contributed by atoms with van der Waals surface area (Å²) in [4.78, 5) is 38.4. The summed E-state index contributed by atoms with van der Waals surface area (Å²) in [5.74, 6) is 0.576. The molecule has 0 saturated heterocycles. The van der Waals surface area contributed by atoms with E-state index in [4.69, 9.17) is 4.74 Å². The van der Waals surface area contributed by atoms with Gasteiger partial charge in [0.2, 0.25) is 5.91 Å². The molecule has 9 heteroatoms. The third-order valence-corrected chi connectivity index (χ3v) is 5.70. The van der Waals surface area contributed by atoms with Crippen LogP contribution in [0.4, 0.5) is 5.69 Å². The van der Waals surface area contributed by atoms with E-state index >= 15 is 0 Å². The maximum Gasteiger partial charge on any atom is 0.282 e. The molecule has 0 saturated carbocycles. The van der Waals surface area contributed by atoms with Crippen molar-refractivity contribution in [3.8, 4) is 5.75 Å². The lowest BCUT2D eigenvalue weighted by molar-refractivity contribution is -0.113. The first-order valence-electron chi connectivity index (χ1n) is 9.87. The number of carbonyl (C=O) groups is 1. The Balaban J connectivity index is 1.57. The Labute approximate surface area is 188 Å². The second kappa shape index (κ2) is 9.61. The second-order valence-electron chi connectivity index (χ2n) is 7.07. The van der Waals surface area contributed by atoms with Crippen LogP contribution in [0.5, 0.6) is 5.75 Å². The van der Waals surface area contributed by atoms with E-state index in [2.05, 4.69) is 20.3 Å². The van der Waals surface area contributed by atoms with Crippen LogP contribution in [0.15, 0.2) is 70.9 Å². The van der Waals surface area contributed by atoms with Crippen molar-refractivity contribution >= 4 is 34.5 Å². The molecule has 0 unspecified atom stereocenters. The summed E-state index contributed by atoms with van der Waals surface area (Å²) in [6.45, 7) is 2.33. The number of rotatable bonds is 7. The number of methoxy groups -OCH3 is 1. The molecule has 0 radical (unpaired) electrons. The molecule has 4 aromatic rings. The van der Waals surface area contributed by atoms with Gasteiger partial charge in [-0.05, 0) is 36.8 Å². The third-order valence-electron chi connectivity index (χ3n) is 4.73. The van der Waals surface area contributed by atoms with E-state index in [1.807, 2.05) is 31.2 Å². The van der Waals surface area contributed by atoms with Crippen LogP contribution in [0.3, 0.4) is 0 Å². The number of benzene rings is 2. The number of amides is 1. The lowest BCUT2D eigenvalue weighted by Gasteiger charge is -2.13. The normalized spacial score (nSPS) is 10.8. The summed E-state index contributed by atoms with van der Waals surface area (Å²) >= 11 is 1.18. The van der Waals surface area contributed by atoms with Crippen molar-refractivity contribution in [1.29, 1.82) is 0 Å². The van der Waals surface area contributed by atoms with Gasteiger partial charge in [0.1, 0.15) is 5.75 Å². The van der Waals surface area contributed by atoms with Gasteiger partial charge in [-0.2, -0.15) is 0 Å². The van der Waals surface area contributed by atoms with E-state index < -0.39 is 0 Å². The van der Waals surface area contributed by atoms with E-state index in [-0.39, 0.29) is 28.4 Å². The van der Waals surface area contributed by atoms with Crippen molar-refractivity contribution < 1.29 is 9.53 Å². The Morgan fingerprint density at radius 1 is 1.06 bits per heavy atom. The molecule has 2 aromatic carbocycles. The van der Waals surface area contributed by atoms with E-state index in [9.17, 15) is 9.59 Å². The van der Waals surface area contributed by atoms with Gasteiger partial charge in [-0.25, -0.2) is 15.0 Å². The molecule has 162 valence electrons. The van der Waals surface area contributed by atoms with Gasteiger partial charge in [0.25, 0.3) is 5.56 Å². The first-order valence-corrected chi connectivity index (χ1v) is 10.9. The number of carbonyl (C=O) groups excluding carboxylic acids is 1. The standard InChI is InChI=1S/C23H21N5O3S/c1-15-3-5-16(6-4-15)13-28-22(30)20-21(25-12-11-24-20)27-23(28)32-14-19(29)26-17-7-9-18(31-2)10-8-17/h3-12H,13-14H2,1-2H3,(H,26,29). The molecule has 1 amide bonds. The molecule has 0 fully saturated rings. The lowest BCUT2D eigenvalue weighted by Crippen LogP contribution is -2.25. The van der Waals surface area contributed by atoms with E-state index in [0.717, 1.165) is 11.1 Å². The van der Waals surface area contributed by atoms with Crippen LogP contribution in [0.1, 0.15) is 11.1 Å². The van der Waals surface area contributed by atoms with Crippen molar-refractivity contribution in [1.82, 2.24) is 19.5 Å². The number of nitrogens with zero attached hydrogens (tertiary/aromatic N) is 4. The fraction of sp³-hybridized carbons (Fsp3) is 0.174. The zero-order chi connectivity index (χ0) is 22.5. The molecule has 1 N–H and O–H groups in total. The molecule has 0 bridgehead atoms. The predicted octanol–water partition coefficient (Wildman–Crippen LogP) is 3.28. The van der Waals surface area contributed by atoms with Crippen LogP contribution < -0.4 is 15.6 Å². The smallest absolute Gasteiger partial charge is 0.282 e. The van der Waals surface area contributed by atoms with Gasteiger partial charge in [0.05, 0.1) is 19.4 Å². The van der Waals surface area contributed by atoms with Crippen LogP contribution in [0.25, 0.3) is 11.2 Å². The average molecular weight is 448 g/mol. The van der Waals surface area contributed by atoms with Crippen LogP contribution in [0, 0.1) is 6.92 Å². The summed E-state index contributed by atoms with van der Waals surface area (Å²) < 4.78 is 6.66. The lowest BCUT2D eigenvalue weighted by atomic mass is 10.1. The molecular weight excluding hydrogens is 426 g/mol. The van der Waals surface area contributed by atoms with Crippen LogP contribution in [0.2, 0.25) is 0 Å². The molecule has 2 aromatic heterocycles. The minimum absolute atomic E-state index is 0.0815. The fourth-order valence-corrected chi connectivity index (χ4v) is 3.84. The summed E-state index contributed by atoms with van der Waals surface area (Å²) in [6, 6.07) is 15.0. The van der Waals surface area contributed by atoms with Crippen molar-refractivity contribution in [2.45, 2.75) is 18.6 Å². The summed E-state index contributed by atoms with van der Waals surface area (Å²) in [5.41, 5.74) is 2.91. The SMILES string of the molecule is COc1ccc(NC(=O)CSc2nc3nccnc3c(=O)n2Cc2ccc(C)cc2)cc1. The minimum Gasteiger partial charge on any atom is -0.497 e. The maximum atomic E-state index is 13.1. The Morgan fingerprint density at radius 2 is 1.78 bits per heavy atom. The Morgan fingerprint density at radius 3 is 2.50 bits per heavy atom. The first-order chi connectivity index (χ1) is 15.5. The number of ether oxygens (including phenoxy) is 1. The summed E-state index contributed by atoms with van der Waals surface area (Å²) in [7, 11) is 1.58. The molecule has 2 heterocycles. The van der Waals surface area contributed by atoms with Crippen LogP contribution in [-0.4, -0.2) is 38.3 Å². The zero-order valence-corrected chi connectivity index (χ0v) is 18.4. The van der Waals surface area contributed by atoms with E-state index in [1.165, 1.54) is 28.7 Å². The number of nitrogens with one attached hydrogen (secondary N) is 1. The molecular formula is C23H21N5O3S. The highest BCUT2D eigenvalue weighted by molar-refractivity contribution is 7.99. The Bertz CT molecular complexity index is 1300. The summed E-state index contributed by atoms with van der Waals surface area (Å²) in [5, 5.41) is 3.24. The molecule has 4 rings (SSSR count). The van der Waals surface area contributed by atoms with Gasteiger partial charge in [0, 0.05) is 18.1 Å². The number of thioether (sulfide) groups is 1. The van der Waals surface area contributed by atoms with Gasteiger partial charge in [-0.3, -0.25) is 14.2 Å². The van der Waals surface area contributed by atoms with E-state index in [0.29, 0.717) is 23.1 Å². The number of hydrogen-bond acceptors (Lipinski definition) is 7. The molecule has 32 heavy (non-hydrogen) atoms.